The first-order valence-electron chi connectivity index (χ1n) is 9.62. The van der Waals surface area contributed by atoms with Gasteiger partial charge >= 0.3 is 5.97 Å². The lowest BCUT2D eigenvalue weighted by molar-refractivity contribution is -0.137. The predicted molar refractivity (Wildman–Crippen MR) is 99.5 cm³/mol. The van der Waals surface area contributed by atoms with Crippen LogP contribution < -0.4 is 0 Å². The molecule has 0 bridgehead atoms. The first-order valence-corrected chi connectivity index (χ1v) is 9.62. The van der Waals surface area contributed by atoms with Gasteiger partial charge in [-0.15, -0.1) is 0 Å². The van der Waals surface area contributed by atoms with Crippen molar-refractivity contribution in [2.24, 2.45) is 11.8 Å². The quantitative estimate of drug-likeness (QED) is 0.265. The molecule has 6 heteroatoms. The van der Waals surface area contributed by atoms with Gasteiger partial charge in [0.05, 0.1) is 24.4 Å². The van der Waals surface area contributed by atoms with Gasteiger partial charge in [-0.25, -0.2) is 0 Å². The lowest BCUT2D eigenvalue weighted by atomic mass is 9.89. The Balaban J connectivity index is 2.49. The summed E-state index contributed by atoms with van der Waals surface area (Å²) in [6.45, 7) is 1.89. The van der Waals surface area contributed by atoms with Gasteiger partial charge in [0.25, 0.3) is 0 Å². The maximum Gasteiger partial charge on any atom is 0.303 e. The van der Waals surface area contributed by atoms with Crippen molar-refractivity contribution in [3.05, 3.63) is 24.3 Å². The van der Waals surface area contributed by atoms with Crippen molar-refractivity contribution in [3.63, 3.8) is 0 Å². The second-order valence-corrected chi connectivity index (χ2v) is 7.20. The van der Waals surface area contributed by atoms with Crippen LogP contribution in [0.3, 0.4) is 0 Å². The number of aliphatic hydroxyl groups excluding tert-OH is 4. The summed E-state index contributed by atoms with van der Waals surface area (Å²) in [6.07, 6.45) is 8.95. The highest BCUT2D eigenvalue weighted by Gasteiger charge is 2.39. The minimum Gasteiger partial charge on any atom is -0.481 e. The van der Waals surface area contributed by atoms with Gasteiger partial charge in [-0.05, 0) is 44.4 Å². The number of rotatable bonds is 12. The number of carboxylic acid groups (broad SMARTS) is 1. The summed E-state index contributed by atoms with van der Waals surface area (Å²) in [5.41, 5.74) is 0. The zero-order valence-corrected chi connectivity index (χ0v) is 15.6. The second kappa shape index (κ2) is 12.2. The highest BCUT2D eigenvalue weighted by atomic mass is 16.4. The summed E-state index contributed by atoms with van der Waals surface area (Å²) in [6, 6.07) is 0. The molecule has 5 N–H and O–H groups in total. The Labute approximate surface area is 155 Å². The number of allylic oxidation sites excluding steroid dienone is 2. The van der Waals surface area contributed by atoms with E-state index < -0.39 is 30.4 Å². The SMILES string of the molecule is CCC(O)CCC(O)/C=C/C1C(O)CC(O)C1C/C=C/CCCC(=O)O. The van der Waals surface area contributed by atoms with Gasteiger partial charge in [0.15, 0.2) is 0 Å². The van der Waals surface area contributed by atoms with Crippen LogP contribution in [-0.2, 0) is 4.79 Å². The summed E-state index contributed by atoms with van der Waals surface area (Å²) in [5, 5.41) is 48.5. The summed E-state index contributed by atoms with van der Waals surface area (Å²) in [4.78, 5) is 10.5. The van der Waals surface area contributed by atoms with Crippen LogP contribution in [-0.4, -0.2) is 55.9 Å². The lowest BCUT2D eigenvalue weighted by Crippen LogP contribution is -2.20. The highest BCUT2D eigenvalue weighted by Crippen LogP contribution is 2.36. The van der Waals surface area contributed by atoms with Crippen molar-refractivity contribution < 1.29 is 30.3 Å². The number of hydrogen-bond acceptors (Lipinski definition) is 5. The average molecular weight is 370 g/mol. The van der Waals surface area contributed by atoms with Crippen molar-refractivity contribution in [2.75, 3.05) is 0 Å². The molecular formula is C20H34O6. The summed E-state index contributed by atoms with van der Waals surface area (Å²) < 4.78 is 0. The Morgan fingerprint density at radius 2 is 1.88 bits per heavy atom. The number of aliphatic carboxylic acids is 1. The minimum absolute atomic E-state index is 0.120. The van der Waals surface area contributed by atoms with Crippen LogP contribution in [0.1, 0.15) is 58.3 Å². The van der Waals surface area contributed by atoms with Crippen molar-refractivity contribution in [1.29, 1.82) is 0 Å². The molecule has 0 amide bonds. The third kappa shape index (κ3) is 8.45. The average Bonchev–Trinajstić information content (AvgIpc) is 2.86. The van der Waals surface area contributed by atoms with Crippen LogP contribution in [0.5, 0.6) is 0 Å². The summed E-state index contributed by atoms with van der Waals surface area (Å²) in [5.74, 6) is -1.15. The van der Waals surface area contributed by atoms with E-state index in [1.54, 1.807) is 12.2 Å². The number of carbonyl (C=O) groups is 1. The van der Waals surface area contributed by atoms with Crippen LogP contribution in [0.15, 0.2) is 24.3 Å². The fourth-order valence-electron chi connectivity index (χ4n) is 3.37. The number of carboxylic acids is 1. The number of aliphatic hydroxyl groups is 4. The van der Waals surface area contributed by atoms with E-state index in [1.807, 2.05) is 19.1 Å². The molecule has 6 unspecified atom stereocenters. The van der Waals surface area contributed by atoms with Gasteiger partial charge in [0.2, 0.25) is 0 Å². The first kappa shape index (κ1) is 22.8. The van der Waals surface area contributed by atoms with Crippen LogP contribution in [0.4, 0.5) is 0 Å². The second-order valence-electron chi connectivity index (χ2n) is 7.20. The van der Waals surface area contributed by atoms with Crippen LogP contribution in [0.2, 0.25) is 0 Å². The third-order valence-electron chi connectivity index (χ3n) is 5.07. The van der Waals surface area contributed by atoms with E-state index >= 15 is 0 Å². The van der Waals surface area contributed by atoms with E-state index in [4.69, 9.17) is 5.11 Å². The van der Waals surface area contributed by atoms with Gasteiger partial charge in [-0.3, -0.25) is 4.79 Å². The molecule has 1 fully saturated rings. The topological polar surface area (TPSA) is 118 Å². The molecule has 1 aliphatic rings. The molecule has 1 rings (SSSR count). The largest absolute Gasteiger partial charge is 0.481 e. The molecule has 26 heavy (non-hydrogen) atoms. The fraction of sp³-hybridized carbons (Fsp3) is 0.750. The first-order chi connectivity index (χ1) is 12.3. The van der Waals surface area contributed by atoms with Crippen molar-refractivity contribution in [3.8, 4) is 0 Å². The number of unbranched alkanes of at least 4 members (excludes halogenated alkanes) is 1. The van der Waals surface area contributed by atoms with Gasteiger partial charge in [0, 0.05) is 18.8 Å². The monoisotopic (exact) mass is 370 g/mol. The molecule has 0 heterocycles. The zero-order valence-electron chi connectivity index (χ0n) is 15.6. The van der Waals surface area contributed by atoms with E-state index in [1.165, 1.54) is 0 Å². The molecule has 6 nitrogen and oxygen atoms in total. The van der Waals surface area contributed by atoms with E-state index in [9.17, 15) is 25.2 Å². The van der Waals surface area contributed by atoms with Crippen LogP contribution in [0.25, 0.3) is 0 Å². The van der Waals surface area contributed by atoms with E-state index in [0.29, 0.717) is 44.9 Å². The zero-order chi connectivity index (χ0) is 19.5. The van der Waals surface area contributed by atoms with Crippen LogP contribution in [0, 0.1) is 11.8 Å². The van der Waals surface area contributed by atoms with Gasteiger partial charge in [-0.1, -0.05) is 31.2 Å². The van der Waals surface area contributed by atoms with E-state index in [0.717, 1.165) is 0 Å². The number of hydrogen-bond donors (Lipinski definition) is 5. The predicted octanol–water partition coefficient (Wildman–Crippen LogP) is 2.01. The van der Waals surface area contributed by atoms with Crippen LogP contribution >= 0.6 is 0 Å². The Kier molecular flexibility index (Phi) is 10.7. The maximum atomic E-state index is 10.5. The molecule has 0 aromatic carbocycles. The minimum atomic E-state index is -0.803. The van der Waals surface area contributed by atoms with Gasteiger partial charge < -0.3 is 25.5 Å². The summed E-state index contributed by atoms with van der Waals surface area (Å²) >= 11 is 0. The van der Waals surface area contributed by atoms with Crippen molar-refractivity contribution >= 4 is 5.97 Å². The molecular weight excluding hydrogens is 336 g/mol. The lowest BCUT2D eigenvalue weighted by Gasteiger charge is -2.19. The maximum absolute atomic E-state index is 10.5. The van der Waals surface area contributed by atoms with Crippen molar-refractivity contribution in [2.45, 2.75) is 82.7 Å². The van der Waals surface area contributed by atoms with E-state index in [-0.39, 0.29) is 18.3 Å². The molecule has 150 valence electrons. The molecule has 6 atom stereocenters. The Morgan fingerprint density at radius 3 is 2.54 bits per heavy atom. The smallest absolute Gasteiger partial charge is 0.303 e. The Morgan fingerprint density at radius 1 is 1.15 bits per heavy atom. The van der Waals surface area contributed by atoms with Gasteiger partial charge in [0.1, 0.15) is 0 Å². The molecule has 0 radical (unpaired) electrons. The standard InChI is InChI=1S/C20H34O6/c1-2-14(21)9-10-15(22)11-12-17-16(18(23)13-19(17)24)7-5-3-4-6-8-20(25)26/h3,5,11-12,14-19,21-24H,2,4,6-10,13H2,1H3,(H,25,26)/b5-3+,12-11+. The molecule has 0 saturated heterocycles. The molecule has 1 aliphatic carbocycles. The fourth-order valence-corrected chi connectivity index (χ4v) is 3.37. The highest BCUT2D eigenvalue weighted by molar-refractivity contribution is 5.66. The molecule has 0 aromatic rings. The third-order valence-corrected chi connectivity index (χ3v) is 5.07. The Bertz CT molecular complexity index is 461. The molecule has 1 saturated carbocycles. The van der Waals surface area contributed by atoms with Gasteiger partial charge in [-0.2, -0.15) is 0 Å². The van der Waals surface area contributed by atoms with E-state index in [2.05, 4.69) is 0 Å². The van der Waals surface area contributed by atoms with Crippen molar-refractivity contribution in [1.82, 2.24) is 0 Å². The Hall–Kier alpha value is -1.21. The molecule has 0 spiro atoms. The summed E-state index contributed by atoms with van der Waals surface area (Å²) in [7, 11) is 0. The normalized spacial score (nSPS) is 28.8. The molecule has 0 aromatic heterocycles. The molecule has 0 aliphatic heterocycles.